The van der Waals surface area contributed by atoms with E-state index in [0.29, 0.717) is 16.4 Å². The van der Waals surface area contributed by atoms with Crippen molar-refractivity contribution < 1.29 is 28.6 Å². The van der Waals surface area contributed by atoms with Gasteiger partial charge in [0.1, 0.15) is 5.82 Å². The van der Waals surface area contributed by atoms with Crippen LogP contribution in [0.4, 0.5) is 9.52 Å². The number of ether oxygens (including phenoxy) is 1. The van der Waals surface area contributed by atoms with E-state index < -0.39 is 35.8 Å². The average molecular weight is 458 g/mol. The zero-order chi connectivity index (χ0) is 22.8. The predicted octanol–water partition coefficient (Wildman–Crippen LogP) is 2.29. The number of nitrogens with zero attached hydrogens (tertiary/aromatic N) is 3. The molecule has 2 N–H and O–H groups in total. The number of rotatable bonds is 9. The monoisotopic (exact) mass is 458 g/mol. The van der Waals surface area contributed by atoms with Crippen LogP contribution in [0.15, 0.2) is 42.2 Å². The number of nitrogens with one attached hydrogen (secondary N) is 1. The number of halogens is 1. The lowest BCUT2D eigenvalue weighted by molar-refractivity contribution is -0.138. The second-order valence-corrected chi connectivity index (χ2v) is 8.28. The molecule has 11 heteroatoms. The summed E-state index contributed by atoms with van der Waals surface area (Å²) in [6.07, 6.45) is 1.07. The summed E-state index contributed by atoms with van der Waals surface area (Å²) in [5, 5.41) is 13.8. The van der Waals surface area contributed by atoms with Crippen molar-refractivity contribution in [2.45, 2.75) is 25.0 Å². The molecule has 0 spiro atoms. The van der Waals surface area contributed by atoms with Gasteiger partial charge in [-0.1, -0.05) is 0 Å². The lowest BCUT2D eigenvalue weighted by Gasteiger charge is -2.15. The summed E-state index contributed by atoms with van der Waals surface area (Å²) < 4.78 is 19.8. The van der Waals surface area contributed by atoms with Crippen molar-refractivity contribution in [3.05, 3.63) is 53.7 Å². The molecule has 1 fully saturated rings. The standard InChI is InChI=1S/C21H19FN4O5S/c1-26-10-23-8-14(26)6-12(7-16(27)17-18(31-17)20(29)30)19(28)25-21-24-15(9-32-21)11-2-4-13(22)5-3-11/h2-5,8-10,12,17-18H,6-7H2,1H3,(H,29,30)(H,24,25,28)/t12-,17-,18+/m1/s1. The Kier molecular flexibility index (Phi) is 6.10. The van der Waals surface area contributed by atoms with Crippen molar-refractivity contribution in [1.82, 2.24) is 14.5 Å². The highest BCUT2D eigenvalue weighted by atomic mass is 32.1. The minimum atomic E-state index is -1.20. The van der Waals surface area contributed by atoms with Gasteiger partial charge in [-0.15, -0.1) is 11.3 Å². The van der Waals surface area contributed by atoms with Crippen molar-refractivity contribution in [2.75, 3.05) is 5.32 Å². The third-order valence-electron chi connectivity index (χ3n) is 5.12. The molecule has 32 heavy (non-hydrogen) atoms. The van der Waals surface area contributed by atoms with Gasteiger partial charge in [-0.25, -0.2) is 19.2 Å². The van der Waals surface area contributed by atoms with Gasteiger partial charge in [0, 0.05) is 42.7 Å². The molecule has 0 unspecified atom stereocenters. The fourth-order valence-corrected chi connectivity index (χ4v) is 4.01. The minimum Gasteiger partial charge on any atom is -0.479 e. The number of thiazole rings is 1. The van der Waals surface area contributed by atoms with Crippen molar-refractivity contribution >= 4 is 34.1 Å². The van der Waals surface area contributed by atoms with Crippen LogP contribution in [0.1, 0.15) is 12.1 Å². The number of ketones is 1. The van der Waals surface area contributed by atoms with Gasteiger partial charge in [-0.3, -0.25) is 9.59 Å². The number of carbonyl (C=O) groups is 3. The van der Waals surface area contributed by atoms with E-state index in [2.05, 4.69) is 15.3 Å². The Bertz CT molecular complexity index is 1160. The number of epoxide rings is 1. The minimum absolute atomic E-state index is 0.179. The Labute approximate surface area is 185 Å². The molecule has 3 heterocycles. The molecule has 1 aliphatic heterocycles. The van der Waals surface area contributed by atoms with E-state index in [4.69, 9.17) is 9.84 Å². The van der Waals surface area contributed by atoms with Crippen LogP contribution in [-0.4, -0.2) is 49.5 Å². The zero-order valence-electron chi connectivity index (χ0n) is 16.9. The number of carboxylic acids is 1. The molecule has 3 aromatic rings. The number of Topliss-reactive ketones (excluding diaryl/α,β-unsaturated/α-hetero) is 1. The van der Waals surface area contributed by atoms with Crippen LogP contribution in [0.25, 0.3) is 11.3 Å². The predicted molar refractivity (Wildman–Crippen MR) is 112 cm³/mol. The maximum absolute atomic E-state index is 13.1. The Morgan fingerprint density at radius 3 is 2.66 bits per heavy atom. The molecular weight excluding hydrogens is 439 g/mol. The van der Waals surface area contributed by atoms with Gasteiger partial charge < -0.3 is 19.7 Å². The van der Waals surface area contributed by atoms with Crippen LogP contribution in [-0.2, 0) is 32.6 Å². The number of hydrogen-bond acceptors (Lipinski definition) is 7. The average Bonchev–Trinajstić information content (AvgIpc) is 3.29. The summed E-state index contributed by atoms with van der Waals surface area (Å²) in [6, 6.07) is 5.84. The van der Waals surface area contributed by atoms with Crippen molar-refractivity contribution in [2.24, 2.45) is 13.0 Å². The normalized spacial score (nSPS) is 18.2. The summed E-state index contributed by atoms with van der Waals surface area (Å²) in [5.41, 5.74) is 2.03. The number of carbonyl (C=O) groups excluding carboxylic acids is 2. The molecule has 0 bridgehead atoms. The highest BCUT2D eigenvalue weighted by Crippen LogP contribution is 2.29. The van der Waals surface area contributed by atoms with Crippen LogP contribution in [0, 0.1) is 11.7 Å². The van der Waals surface area contributed by atoms with E-state index in [1.165, 1.54) is 23.5 Å². The summed E-state index contributed by atoms with van der Waals surface area (Å²) in [4.78, 5) is 44.9. The molecule has 1 aliphatic rings. The molecule has 9 nitrogen and oxygen atoms in total. The maximum atomic E-state index is 13.1. The summed E-state index contributed by atoms with van der Waals surface area (Å²) in [5.74, 6) is -3.19. The smallest absolute Gasteiger partial charge is 0.336 e. The van der Waals surface area contributed by atoms with Gasteiger partial charge in [0.15, 0.2) is 23.1 Å². The van der Waals surface area contributed by atoms with E-state index in [0.717, 1.165) is 5.69 Å². The molecule has 3 atom stereocenters. The summed E-state index contributed by atoms with van der Waals surface area (Å²) in [7, 11) is 1.78. The third-order valence-corrected chi connectivity index (χ3v) is 5.87. The Balaban J connectivity index is 1.47. The first-order valence-electron chi connectivity index (χ1n) is 9.70. The molecule has 1 amide bonds. The number of hydrogen-bond donors (Lipinski definition) is 2. The molecule has 4 rings (SSSR count). The van der Waals surface area contributed by atoms with Crippen LogP contribution in [0.3, 0.4) is 0 Å². The summed E-state index contributed by atoms with van der Waals surface area (Å²) in [6.45, 7) is 0. The largest absolute Gasteiger partial charge is 0.479 e. The molecule has 1 saturated heterocycles. The number of amides is 1. The lowest BCUT2D eigenvalue weighted by atomic mass is 9.94. The van der Waals surface area contributed by atoms with Gasteiger partial charge in [0.05, 0.1) is 17.9 Å². The maximum Gasteiger partial charge on any atom is 0.336 e. The quantitative estimate of drug-likeness (QED) is 0.471. The van der Waals surface area contributed by atoms with Gasteiger partial charge in [0.2, 0.25) is 5.91 Å². The molecule has 2 aromatic heterocycles. The van der Waals surface area contributed by atoms with E-state index in [1.807, 2.05) is 0 Å². The second-order valence-electron chi connectivity index (χ2n) is 7.42. The van der Waals surface area contributed by atoms with Gasteiger partial charge >= 0.3 is 5.97 Å². The van der Waals surface area contributed by atoms with E-state index in [-0.39, 0.29) is 18.7 Å². The Hall–Kier alpha value is -3.44. The topological polar surface area (TPSA) is 127 Å². The number of aliphatic carboxylic acids is 1. The van der Waals surface area contributed by atoms with Gasteiger partial charge in [-0.2, -0.15) is 0 Å². The highest BCUT2D eigenvalue weighted by molar-refractivity contribution is 7.14. The first-order valence-corrected chi connectivity index (χ1v) is 10.6. The fourth-order valence-electron chi connectivity index (χ4n) is 3.29. The van der Waals surface area contributed by atoms with E-state index in [1.54, 1.807) is 41.7 Å². The lowest BCUT2D eigenvalue weighted by Crippen LogP contribution is -2.29. The van der Waals surface area contributed by atoms with Crippen LogP contribution >= 0.6 is 11.3 Å². The molecule has 166 valence electrons. The second kappa shape index (κ2) is 8.97. The van der Waals surface area contributed by atoms with Gasteiger partial charge in [0.25, 0.3) is 0 Å². The van der Waals surface area contributed by atoms with Gasteiger partial charge in [-0.05, 0) is 24.3 Å². The Morgan fingerprint density at radius 2 is 2.03 bits per heavy atom. The first-order chi connectivity index (χ1) is 15.3. The van der Waals surface area contributed by atoms with Crippen LogP contribution < -0.4 is 5.32 Å². The zero-order valence-corrected chi connectivity index (χ0v) is 17.7. The third kappa shape index (κ3) is 4.89. The first kappa shape index (κ1) is 21.8. The molecule has 0 saturated carbocycles. The molecule has 0 aliphatic carbocycles. The van der Waals surface area contributed by atoms with Crippen LogP contribution in [0.2, 0.25) is 0 Å². The number of anilines is 1. The Morgan fingerprint density at radius 1 is 1.28 bits per heavy atom. The summed E-state index contributed by atoms with van der Waals surface area (Å²) >= 11 is 1.21. The number of carboxylic acid groups (broad SMARTS) is 1. The van der Waals surface area contributed by atoms with Crippen molar-refractivity contribution in [3.63, 3.8) is 0 Å². The van der Waals surface area contributed by atoms with E-state index >= 15 is 0 Å². The van der Waals surface area contributed by atoms with Crippen LogP contribution in [0.5, 0.6) is 0 Å². The highest BCUT2D eigenvalue weighted by Gasteiger charge is 2.50. The molecular formula is C21H19FN4O5S. The number of imidazole rings is 1. The van der Waals surface area contributed by atoms with Crippen molar-refractivity contribution in [3.8, 4) is 11.3 Å². The number of aryl methyl sites for hydroxylation is 1. The van der Waals surface area contributed by atoms with Crippen molar-refractivity contribution in [1.29, 1.82) is 0 Å². The number of benzene rings is 1. The molecule has 1 aromatic carbocycles. The SMILES string of the molecule is Cn1cncc1C[C@H](CC(=O)[C@H]1O[C@@H]1C(=O)O)C(=O)Nc1nc(-c2ccc(F)cc2)cs1. The molecule has 0 radical (unpaired) electrons. The fraction of sp³-hybridized carbons (Fsp3) is 0.286. The van der Waals surface area contributed by atoms with E-state index in [9.17, 15) is 18.8 Å². The number of aromatic nitrogens is 3.